The van der Waals surface area contributed by atoms with Crippen LogP contribution in [0.15, 0.2) is 42.5 Å². The number of benzene rings is 2. The van der Waals surface area contributed by atoms with Crippen LogP contribution in [0.3, 0.4) is 0 Å². The van der Waals surface area contributed by atoms with Crippen LogP contribution in [-0.4, -0.2) is 19.0 Å². The number of carbonyl (C=O) groups excluding carboxylic acids is 1. The van der Waals surface area contributed by atoms with E-state index in [1.165, 1.54) is 13.0 Å². The van der Waals surface area contributed by atoms with E-state index in [0.717, 1.165) is 23.4 Å². The first kappa shape index (κ1) is 17.9. The predicted molar refractivity (Wildman–Crippen MR) is 92.3 cm³/mol. The lowest BCUT2D eigenvalue weighted by Gasteiger charge is -2.11. The Hall–Kier alpha value is -2.40. The van der Waals surface area contributed by atoms with Gasteiger partial charge in [-0.2, -0.15) is 0 Å². The molecule has 0 saturated carbocycles. The zero-order chi connectivity index (χ0) is 17.4. The van der Waals surface area contributed by atoms with Gasteiger partial charge in [0.25, 0.3) is 0 Å². The van der Waals surface area contributed by atoms with Crippen LogP contribution in [0.4, 0.5) is 4.39 Å². The molecule has 0 atom stereocenters. The van der Waals surface area contributed by atoms with Crippen molar-refractivity contribution >= 4 is 5.91 Å². The SMILES string of the molecule is CC(=O)NCCNCc1ccc(OCc2ccccc2F)cc1C. The lowest BCUT2D eigenvalue weighted by Crippen LogP contribution is -2.30. The highest BCUT2D eigenvalue weighted by Crippen LogP contribution is 2.19. The van der Waals surface area contributed by atoms with E-state index in [1.807, 2.05) is 25.1 Å². The Morgan fingerprint density at radius 1 is 1.12 bits per heavy atom. The van der Waals surface area contributed by atoms with E-state index in [0.29, 0.717) is 18.7 Å². The summed E-state index contributed by atoms with van der Waals surface area (Å²) in [6.45, 7) is 5.77. The van der Waals surface area contributed by atoms with Gasteiger partial charge in [0.15, 0.2) is 0 Å². The quantitative estimate of drug-likeness (QED) is 0.732. The highest BCUT2D eigenvalue weighted by Gasteiger charge is 2.04. The molecule has 2 aromatic carbocycles. The summed E-state index contributed by atoms with van der Waals surface area (Å²) in [4.78, 5) is 10.8. The molecule has 0 aliphatic carbocycles. The third-order valence-corrected chi connectivity index (χ3v) is 3.66. The largest absolute Gasteiger partial charge is 0.489 e. The highest BCUT2D eigenvalue weighted by atomic mass is 19.1. The average molecular weight is 330 g/mol. The molecule has 0 heterocycles. The van der Waals surface area contributed by atoms with E-state index in [9.17, 15) is 9.18 Å². The monoisotopic (exact) mass is 330 g/mol. The van der Waals surface area contributed by atoms with Gasteiger partial charge in [0.1, 0.15) is 18.2 Å². The smallest absolute Gasteiger partial charge is 0.216 e. The summed E-state index contributed by atoms with van der Waals surface area (Å²) in [6, 6.07) is 12.4. The van der Waals surface area contributed by atoms with Gasteiger partial charge in [-0.3, -0.25) is 4.79 Å². The molecule has 0 aliphatic heterocycles. The van der Waals surface area contributed by atoms with Crippen molar-refractivity contribution in [3.8, 4) is 5.75 Å². The van der Waals surface area contributed by atoms with Crippen LogP contribution in [0.2, 0.25) is 0 Å². The molecule has 0 unspecified atom stereocenters. The van der Waals surface area contributed by atoms with E-state index in [-0.39, 0.29) is 18.3 Å². The summed E-state index contributed by atoms with van der Waals surface area (Å²) in [7, 11) is 0. The van der Waals surface area contributed by atoms with Crippen molar-refractivity contribution in [2.45, 2.75) is 27.0 Å². The molecule has 5 heteroatoms. The minimum Gasteiger partial charge on any atom is -0.489 e. The Bertz CT molecular complexity index is 689. The summed E-state index contributed by atoms with van der Waals surface area (Å²) in [5.41, 5.74) is 2.81. The van der Waals surface area contributed by atoms with Gasteiger partial charge >= 0.3 is 0 Å². The van der Waals surface area contributed by atoms with Crippen molar-refractivity contribution < 1.29 is 13.9 Å². The topological polar surface area (TPSA) is 50.4 Å². The lowest BCUT2D eigenvalue weighted by atomic mass is 10.1. The molecule has 0 fully saturated rings. The van der Waals surface area contributed by atoms with Crippen LogP contribution in [0, 0.1) is 12.7 Å². The van der Waals surface area contributed by atoms with Crippen molar-refractivity contribution in [3.05, 3.63) is 65.0 Å². The maximum absolute atomic E-state index is 13.6. The molecule has 1 amide bonds. The van der Waals surface area contributed by atoms with Gasteiger partial charge in [-0.05, 0) is 36.2 Å². The van der Waals surface area contributed by atoms with Crippen molar-refractivity contribution in [3.63, 3.8) is 0 Å². The average Bonchev–Trinajstić information content (AvgIpc) is 2.55. The minimum atomic E-state index is -0.255. The van der Waals surface area contributed by atoms with Gasteiger partial charge < -0.3 is 15.4 Å². The van der Waals surface area contributed by atoms with E-state index in [2.05, 4.69) is 10.6 Å². The maximum atomic E-state index is 13.6. The summed E-state index contributed by atoms with van der Waals surface area (Å²) in [5, 5.41) is 6.02. The molecule has 2 rings (SSSR count). The molecule has 4 nitrogen and oxygen atoms in total. The Labute approximate surface area is 142 Å². The number of halogens is 1. The number of hydrogen-bond donors (Lipinski definition) is 2. The molecule has 128 valence electrons. The molecule has 0 aliphatic rings. The van der Waals surface area contributed by atoms with Crippen LogP contribution < -0.4 is 15.4 Å². The van der Waals surface area contributed by atoms with Crippen molar-refractivity contribution in [2.24, 2.45) is 0 Å². The second-order valence-corrected chi connectivity index (χ2v) is 5.63. The Morgan fingerprint density at radius 2 is 1.92 bits per heavy atom. The molecular weight excluding hydrogens is 307 g/mol. The second-order valence-electron chi connectivity index (χ2n) is 5.63. The van der Waals surface area contributed by atoms with Gasteiger partial charge in [0, 0.05) is 32.1 Å². The normalized spacial score (nSPS) is 10.5. The standard InChI is InChI=1S/C19H23FN2O2/c1-14-11-18(24-13-17-5-3-4-6-19(17)20)8-7-16(14)12-21-9-10-22-15(2)23/h3-8,11,21H,9-10,12-13H2,1-2H3,(H,22,23). The van der Waals surface area contributed by atoms with E-state index >= 15 is 0 Å². The summed E-state index contributed by atoms with van der Waals surface area (Å²) in [6.07, 6.45) is 0. The summed E-state index contributed by atoms with van der Waals surface area (Å²) < 4.78 is 19.2. The zero-order valence-corrected chi connectivity index (χ0v) is 14.1. The molecule has 24 heavy (non-hydrogen) atoms. The maximum Gasteiger partial charge on any atom is 0.216 e. The second kappa shape index (κ2) is 9.03. The molecule has 2 N–H and O–H groups in total. The summed E-state index contributed by atoms with van der Waals surface area (Å²) in [5.74, 6) is 0.441. The third-order valence-electron chi connectivity index (χ3n) is 3.66. The van der Waals surface area contributed by atoms with Crippen molar-refractivity contribution in [1.82, 2.24) is 10.6 Å². The number of amides is 1. The molecular formula is C19H23FN2O2. The van der Waals surface area contributed by atoms with Gasteiger partial charge in [0.2, 0.25) is 5.91 Å². The fourth-order valence-corrected chi connectivity index (χ4v) is 2.28. The molecule has 0 bridgehead atoms. The van der Waals surface area contributed by atoms with E-state index < -0.39 is 0 Å². The van der Waals surface area contributed by atoms with E-state index in [4.69, 9.17) is 4.74 Å². The molecule has 0 radical (unpaired) electrons. The van der Waals surface area contributed by atoms with Crippen LogP contribution in [-0.2, 0) is 17.9 Å². The first-order chi connectivity index (χ1) is 11.6. The molecule has 0 aromatic heterocycles. The zero-order valence-electron chi connectivity index (χ0n) is 14.1. The van der Waals surface area contributed by atoms with Gasteiger partial charge in [0.05, 0.1) is 0 Å². The predicted octanol–water partition coefficient (Wildman–Crippen LogP) is 2.94. The van der Waals surface area contributed by atoms with Crippen LogP contribution >= 0.6 is 0 Å². The number of rotatable bonds is 8. The third kappa shape index (κ3) is 5.66. The van der Waals surface area contributed by atoms with E-state index in [1.54, 1.807) is 18.2 Å². The Morgan fingerprint density at radius 3 is 2.62 bits per heavy atom. The molecule has 0 spiro atoms. The number of carbonyl (C=O) groups is 1. The van der Waals surface area contributed by atoms with Gasteiger partial charge in [-0.15, -0.1) is 0 Å². The molecule has 2 aromatic rings. The van der Waals surface area contributed by atoms with Crippen LogP contribution in [0.25, 0.3) is 0 Å². The van der Waals surface area contributed by atoms with Gasteiger partial charge in [-0.1, -0.05) is 24.3 Å². The fraction of sp³-hybridized carbons (Fsp3) is 0.316. The molecule has 0 saturated heterocycles. The first-order valence-corrected chi connectivity index (χ1v) is 7.97. The Balaban J connectivity index is 1.83. The Kier molecular flexibility index (Phi) is 6.75. The number of ether oxygens (including phenoxy) is 1. The number of hydrogen-bond acceptors (Lipinski definition) is 3. The van der Waals surface area contributed by atoms with Crippen LogP contribution in [0.1, 0.15) is 23.6 Å². The lowest BCUT2D eigenvalue weighted by molar-refractivity contribution is -0.118. The van der Waals surface area contributed by atoms with Gasteiger partial charge in [-0.25, -0.2) is 4.39 Å². The number of nitrogens with one attached hydrogen (secondary N) is 2. The first-order valence-electron chi connectivity index (χ1n) is 7.97. The van der Waals surface area contributed by atoms with Crippen LogP contribution in [0.5, 0.6) is 5.75 Å². The van der Waals surface area contributed by atoms with Crippen molar-refractivity contribution in [2.75, 3.05) is 13.1 Å². The highest BCUT2D eigenvalue weighted by molar-refractivity contribution is 5.72. The summed E-state index contributed by atoms with van der Waals surface area (Å²) >= 11 is 0. The number of aryl methyl sites for hydroxylation is 1. The fourth-order valence-electron chi connectivity index (χ4n) is 2.28. The minimum absolute atomic E-state index is 0.0238. The van der Waals surface area contributed by atoms with Crippen molar-refractivity contribution in [1.29, 1.82) is 0 Å².